The van der Waals surface area contributed by atoms with Gasteiger partial charge in [-0.25, -0.2) is 4.98 Å². The smallest absolute Gasteiger partial charge is 0.268 e. The Kier molecular flexibility index (Phi) is 4.82. The maximum Gasteiger partial charge on any atom is 0.268 e. The molecular weight excluding hydrogens is 350 g/mol. The molecule has 1 N–H and O–H groups in total. The van der Waals surface area contributed by atoms with Gasteiger partial charge in [0, 0.05) is 12.1 Å². The molecule has 0 atom stereocenters. The molecule has 6 nitrogen and oxygen atoms in total. The number of hydrogen-bond acceptors (Lipinski definition) is 5. The van der Waals surface area contributed by atoms with Crippen LogP contribution in [-0.2, 0) is 11.3 Å². The summed E-state index contributed by atoms with van der Waals surface area (Å²) < 4.78 is 6.00. The molecule has 0 saturated heterocycles. The molecular formula is C16H14ClN3O3S. The second kappa shape index (κ2) is 7.02. The topological polar surface area (TPSA) is 75.3 Å². The highest BCUT2D eigenvalue weighted by Gasteiger charge is 2.13. The predicted molar refractivity (Wildman–Crippen MR) is 93.7 cm³/mol. The zero-order chi connectivity index (χ0) is 17.1. The molecule has 0 aliphatic carbocycles. The molecule has 1 aromatic carbocycles. The molecule has 8 heteroatoms. The van der Waals surface area contributed by atoms with Gasteiger partial charge in [0.25, 0.3) is 11.5 Å². The van der Waals surface area contributed by atoms with Crippen LogP contribution >= 0.6 is 22.9 Å². The van der Waals surface area contributed by atoms with Crippen molar-refractivity contribution in [2.24, 2.45) is 0 Å². The van der Waals surface area contributed by atoms with Gasteiger partial charge in [0.05, 0.1) is 12.1 Å². The van der Waals surface area contributed by atoms with Gasteiger partial charge in [0.2, 0.25) is 0 Å². The number of ether oxygens (including phenoxy) is 1. The fourth-order valence-electron chi connectivity index (χ4n) is 2.10. The fourth-order valence-corrected chi connectivity index (χ4v) is 2.95. The lowest BCUT2D eigenvalue weighted by Crippen LogP contribution is -2.32. The summed E-state index contributed by atoms with van der Waals surface area (Å²) in [5.74, 6) is 0.777. The van der Waals surface area contributed by atoms with Crippen molar-refractivity contribution in [3.05, 3.63) is 56.9 Å². The first-order chi connectivity index (χ1) is 11.5. The van der Waals surface area contributed by atoms with Crippen LogP contribution in [0.15, 0.2) is 40.5 Å². The van der Waals surface area contributed by atoms with E-state index in [9.17, 15) is 9.59 Å². The van der Waals surface area contributed by atoms with Gasteiger partial charge in [-0.05, 0) is 35.7 Å². The van der Waals surface area contributed by atoms with Crippen LogP contribution in [0.2, 0.25) is 5.02 Å². The van der Waals surface area contributed by atoms with Crippen molar-refractivity contribution < 1.29 is 9.53 Å². The Morgan fingerprint density at radius 3 is 2.83 bits per heavy atom. The number of likely N-dealkylation sites (N-methyl/N-ethyl adjacent to an activating group) is 1. The van der Waals surface area contributed by atoms with Crippen molar-refractivity contribution in [3.8, 4) is 5.75 Å². The largest absolute Gasteiger partial charge is 0.484 e. The first-order valence-electron chi connectivity index (χ1n) is 7.11. The number of thiophene rings is 1. The van der Waals surface area contributed by atoms with Crippen LogP contribution in [-0.4, -0.2) is 34.4 Å². The highest BCUT2D eigenvalue weighted by Crippen LogP contribution is 2.16. The molecule has 1 amide bonds. The van der Waals surface area contributed by atoms with Gasteiger partial charge in [0.15, 0.2) is 6.61 Å². The number of H-pyrrole nitrogens is 1. The number of benzene rings is 1. The maximum absolute atomic E-state index is 12.1. The molecule has 0 saturated carbocycles. The van der Waals surface area contributed by atoms with Gasteiger partial charge >= 0.3 is 0 Å². The molecule has 24 heavy (non-hydrogen) atoms. The van der Waals surface area contributed by atoms with Gasteiger partial charge in [-0.1, -0.05) is 11.6 Å². The molecule has 0 unspecified atom stereocenters. The lowest BCUT2D eigenvalue weighted by Gasteiger charge is -2.16. The van der Waals surface area contributed by atoms with E-state index in [4.69, 9.17) is 16.3 Å². The molecule has 3 rings (SSSR count). The first-order valence-corrected chi connectivity index (χ1v) is 8.37. The third kappa shape index (κ3) is 3.74. The Bertz CT molecular complexity index is 920. The number of nitrogens with one attached hydrogen (secondary N) is 1. The fraction of sp³-hybridized carbons (Fsp3) is 0.188. The molecule has 0 bridgehead atoms. The van der Waals surface area contributed by atoms with Crippen LogP contribution in [0.1, 0.15) is 5.82 Å². The summed E-state index contributed by atoms with van der Waals surface area (Å²) in [6.07, 6.45) is 0. The lowest BCUT2D eigenvalue weighted by molar-refractivity contribution is -0.132. The van der Waals surface area contributed by atoms with Gasteiger partial charge in [-0.2, -0.15) is 0 Å². The molecule has 2 aromatic heterocycles. The maximum atomic E-state index is 12.1. The minimum Gasteiger partial charge on any atom is -0.484 e. The molecule has 0 spiro atoms. The van der Waals surface area contributed by atoms with Crippen LogP contribution in [0.4, 0.5) is 0 Å². The van der Waals surface area contributed by atoms with Gasteiger partial charge < -0.3 is 14.6 Å². The van der Waals surface area contributed by atoms with E-state index in [0.29, 0.717) is 26.8 Å². The summed E-state index contributed by atoms with van der Waals surface area (Å²) in [7, 11) is 1.63. The van der Waals surface area contributed by atoms with Crippen LogP contribution in [0.3, 0.4) is 0 Å². The van der Waals surface area contributed by atoms with Crippen molar-refractivity contribution in [1.29, 1.82) is 0 Å². The average molecular weight is 364 g/mol. The van der Waals surface area contributed by atoms with Crippen LogP contribution in [0.5, 0.6) is 5.75 Å². The van der Waals surface area contributed by atoms with Crippen LogP contribution < -0.4 is 10.3 Å². The first kappa shape index (κ1) is 16.5. The molecule has 0 aliphatic heterocycles. The van der Waals surface area contributed by atoms with Gasteiger partial charge in [-0.3, -0.25) is 9.59 Å². The minimum atomic E-state index is -0.224. The number of nitrogens with zero attached hydrogens (tertiary/aromatic N) is 2. The highest BCUT2D eigenvalue weighted by molar-refractivity contribution is 7.17. The molecule has 124 valence electrons. The third-order valence-corrected chi connectivity index (χ3v) is 4.51. The molecule has 0 aliphatic rings. The molecule has 2 heterocycles. The zero-order valence-electron chi connectivity index (χ0n) is 12.8. The van der Waals surface area contributed by atoms with Crippen molar-refractivity contribution >= 4 is 39.1 Å². The number of amides is 1. The third-order valence-electron chi connectivity index (χ3n) is 3.35. The van der Waals surface area contributed by atoms with Crippen molar-refractivity contribution in [2.75, 3.05) is 13.7 Å². The number of aromatic amines is 1. The molecule has 0 fully saturated rings. The van der Waals surface area contributed by atoms with E-state index < -0.39 is 0 Å². The van der Waals surface area contributed by atoms with Gasteiger partial charge in [0.1, 0.15) is 16.3 Å². The Labute approximate surface area is 146 Å². The number of halogens is 1. The lowest BCUT2D eigenvalue weighted by atomic mass is 10.3. The summed E-state index contributed by atoms with van der Waals surface area (Å²) in [5, 5.41) is 2.41. The number of rotatable bonds is 5. The number of carbonyl (C=O) groups is 1. The Hall–Kier alpha value is -2.38. The van der Waals surface area contributed by atoms with Crippen LogP contribution in [0, 0.1) is 0 Å². The number of aromatic nitrogens is 2. The van der Waals surface area contributed by atoms with Crippen molar-refractivity contribution in [3.63, 3.8) is 0 Å². The SMILES string of the molecule is CN(Cc1nc2ccsc2c(=O)[nH]1)C(=O)COc1ccc(Cl)cc1. The van der Waals surface area contributed by atoms with E-state index >= 15 is 0 Å². The summed E-state index contributed by atoms with van der Waals surface area (Å²) in [4.78, 5) is 32.6. The standard InChI is InChI=1S/C16H14ClN3O3S/c1-20(14(21)9-23-11-4-2-10(17)3-5-11)8-13-18-12-6-7-24-15(12)16(22)19-13/h2-7H,8-9H2,1H3,(H,18,19,22). The van der Waals surface area contributed by atoms with E-state index in [1.807, 2.05) is 5.38 Å². The monoisotopic (exact) mass is 363 g/mol. The second-order valence-electron chi connectivity index (χ2n) is 5.14. The Balaban J connectivity index is 1.62. The number of hydrogen-bond donors (Lipinski definition) is 1. The van der Waals surface area contributed by atoms with Crippen molar-refractivity contribution in [2.45, 2.75) is 6.54 Å². The summed E-state index contributed by atoms with van der Waals surface area (Å²) in [5.41, 5.74) is 0.445. The van der Waals surface area contributed by atoms with Gasteiger partial charge in [-0.15, -0.1) is 11.3 Å². The molecule has 0 radical (unpaired) electrons. The summed E-state index contributed by atoms with van der Waals surface area (Å²) in [6.45, 7) is 0.0902. The predicted octanol–water partition coefficient (Wildman–Crippen LogP) is 2.68. The average Bonchev–Trinajstić information content (AvgIpc) is 3.03. The number of fused-ring (bicyclic) bond motifs is 1. The molecule has 3 aromatic rings. The minimum absolute atomic E-state index is 0.108. The van der Waals surface area contributed by atoms with Crippen LogP contribution in [0.25, 0.3) is 10.2 Å². The van der Waals surface area contributed by atoms with Crippen molar-refractivity contribution in [1.82, 2.24) is 14.9 Å². The second-order valence-corrected chi connectivity index (χ2v) is 6.49. The number of carbonyl (C=O) groups excluding carboxylic acids is 1. The Morgan fingerprint density at radius 1 is 1.33 bits per heavy atom. The Morgan fingerprint density at radius 2 is 2.08 bits per heavy atom. The summed E-state index contributed by atoms with van der Waals surface area (Å²) >= 11 is 7.13. The normalized spacial score (nSPS) is 10.8. The van der Waals surface area contributed by atoms with E-state index in [1.54, 1.807) is 37.4 Å². The van der Waals surface area contributed by atoms with E-state index in [-0.39, 0.29) is 24.6 Å². The highest BCUT2D eigenvalue weighted by atomic mass is 35.5. The van der Waals surface area contributed by atoms with E-state index in [1.165, 1.54) is 16.2 Å². The summed E-state index contributed by atoms with van der Waals surface area (Å²) in [6, 6.07) is 8.55. The zero-order valence-corrected chi connectivity index (χ0v) is 14.4. The quantitative estimate of drug-likeness (QED) is 0.756. The van der Waals surface area contributed by atoms with E-state index in [0.717, 1.165) is 0 Å². The van der Waals surface area contributed by atoms with E-state index in [2.05, 4.69) is 9.97 Å².